The van der Waals surface area contributed by atoms with E-state index in [1.807, 2.05) is 12.1 Å². The number of hydrogen-bond donors (Lipinski definition) is 1. The number of carboxylic acid groups (broad SMARTS) is 1. The number of alkyl halides is 3. The monoisotopic (exact) mass is 554 g/mol. The number of rotatable bonds is 3. The minimum absolute atomic E-state index is 0.0625. The van der Waals surface area contributed by atoms with Crippen LogP contribution in [0.1, 0.15) is 82.0 Å². The summed E-state index contributed by atoms with van der Waals surface area (Å²) in [6.45, 7) is 9.02. The molecule has 0 bridgehead atoms. The van der Waals surface area contributed by atoms with Crippen molar-refractivity contribution in [1.82, 2.24) is 0 Å². The predicted molar refractivity (Wildman–Crippen MR) is 131 cm³/mol. The molecule has 7 atom stereocenters. The number of halogens is 1. The van der Waals surface area contributed by atoms with Crippen molar-refractivity contribution < 1.29 is 24.2 Å². The number of carbonyl (C=O) groups excluding carboxylic acids is 1. The Labute approximate surface area is 198 Å². The van der Waals surface area contributed by atoms with E-state index < -0.39 is 32.1 Å². The Morgan fingerprint density at radius 2 is 1.88 bits per heavy atom. The summed E-state index contributed by atoms with van der Waals surface area (Å²) in [5, 5.41) is 9.25. The van der Waals surface area contributed by atoms with Crippen LogP contribution in [-0.2, 0) is 14.3 Å². The van der Waals surface area contributed by atoms with E-state index in [-0.39, 0.29) is 28.6 Å². The van der Waals surface area contributed by atoms with Gasteiger partial charge in [0.15, 0.2) is 0 Å². The zero-order valence-electron chi connectivity index (χ0n) is 19.5. The summed E-state index contributed by atoms with van der Waals surface area (Å²) in [6, 6.07) is 6.92. The Morgan fingerprint density at radius 1 is 1.16 bits per heavy atom. The molecule has 1 saturated carbocycles. The molecule has 1 aliphatic carbocycles. The number of ketones is 1. The van der Waals surface area contributed by atoms with E-state index in [1.165, 1.54) is 12.8 Å². The van der Waals surface area contributed by atoms with Gasteiger partial charge in [-0.3, -0.25) is 0 Å². The van der Waals surface area contributed by atoms with Crippen molar-refractivity contribution >= 4 is 31.6 Å². The summed E-state index contributed by atoms with van der Waals surface area (Å²) in [5.41, 5.74) is 0.983. The van der Waals surface area contributed by atoms with Crippen molar-refractivity contribution in [1.29, 1.82) is 0 Å². The van der Waals surface area contributed by atoms with Gasteiger partial charge in [-0.05, 0) is 0 Å². The first-order valence-electron chi connectivity index (χ1n) is 12.0. The van der Waals surface area contributed by atoms with Crippen molar-refractivity contribution in [2.75, 3.05) is 4.43 Å². The van der Waals surface area contributed by atoms with E-state index >= 15 is 0 Å². The van der Waals surface area contributed by atoms with E-state index in [9.17, 15) is 14.7 Å². The van der Waals surface area contributed by atoms with Crippen LogP contribution in [0.4, 0.5) is 0 Å². The molecule has 0 spiro atoms. The second-order valence-electron chi connectivity index (χ2n) is 10.7. The summed E-state index contributed by atoms with van der Waals surface area (Å²) >= 11 is -1.38. The second kappa shape index (κ2) is 8.05. The van der Waals surface area contributed by atoms with Gasteiger partial charge in [0.25, 0.3) is 0 Å². The third-order valence-corrected chi connectivity index (χ3v) is 18.3. The van der Waals surface area contributed by atoms with Gasteiger partial charge in [-0.15, -0.1) is 0 Å². The molecule has 3 heterocycles. The first kappa shape index (κ1) is 22.8. The van der Waals surface area contributed by atoms with Crippen LogP contribution in [-0.4, -0.2) is 41.3 Å². The fraction of sp³-hybridized carbons (Fsp3) is 0.692. The molecular formula is C26H35IO5. The molecule has 1 aromatic carbocycles. The third-order valence-electron chi connectivity index (χ3n) is 8.84. The summed E-state index contributed by atoms with van der Waals surface area (Å²) < 4.78 is 15.9. The molecule has 0 aromatic heterocycles. The van der Waals surface area contributed by atoms with Crippen molar-refractivity contribution in [2.24, 2.45) is 16.7 Å². The standard InChI is InChI=1S/C26H35IO5/c1-5-26-18-11-6-15(2)22(26)32-24(17-9-7-16(8-10-17)23(29)30)31-21(26)14-19-25(3,4)20(28)12-13-27(18)19/h7-10,15,18-19,21-22,24H,5-6,11-14H2,1-4H3,(H,29,30)/t15-,18-,19-,21?,22-,24?,26+/m1/s1. The summed E-state index contributed by atoms with van der Waals surface area (Å²) in [4.78, 5) is 24.2. The van der Waals surface area contributed by atoms with Gasteiger partial charge >= 0.3 is 198 Å². The molecule has 0 amide bonds. The fourth-order valence-electron chi connectivity index (χ4n) is 6.98. The number of carbonyl (C=O) groups is 2. The average Bonchev–Trinajstić information content (AvgIpc) is 2.78. The quantitative estimate of drug-likeness (QED) is 0.387. The number of benzene rings is 1. The van der Waals surface area contributed by atoms with Crippen molar-refractivity contribution in [3.63, 3.8) is 0 Å². The maximum absolute atomic E-state index is 12.9. The Bertz CT molecular complexity index is 911. The fourth-order valence-corrected chi connectivity index (χ4v) is 17.9. The molecule has 32 heavy (non-hydrogen) atoms. The van der Waals surface area contributed by atoms with Crippen LogP contribution < -0.4 is 0 Å². The average molecular weight is 554 g/mol. The summed E-state index contributed by atoms with van der Waals surface area (Å²) in [5.74, 6) is -0.0113. The second-order valence-corrected chi connectivity index (χ2v) is 17.2. The molecule has 5 nitrogen and oxygen atoms in total. The Morgan fingerprint density at radius 3 is 2.53 bits per heavy atom. The Balaban J connectivity index is 1.53. The third kappa shape index (κ3) is 3.22. The van der Waals surface area contributed by atoms with Gasteiger partial charge in [-0.2, -0.15) is 0 Å². The van der Waals surface area contributed by atoms with Crippen molar-refractivity contribution in [2.45, 2.75) is 86.1 Å². The van der Waals surface area contributed by atoms with E-state index in [4.69, 9.17) is 9.47 Å². The molecule has 1 aromatic rings. The topological polar surface area (TPSA) is 72.8 Å². The van der Waals surface area contributed by atoms with E-state index in [1.54, 1.807) is 12.1 Å². The number of hydrogen-bond acceptors (Lipinski definition) is 4. The van der Waals surface area contributed by atoms with Crippen molar-refractivity contribution in [3.8, 4) is 0 Å². The zero-order chi connectivity index (χ0) is 22.8. The molecule has 5 rings (SSSR count). The number of Topliss-reactive ketones (excluding diaryl/α,β-unsaturated/α-hetero) is 1. The number of ether oxygens (including phenoxy) is 2. The molecule has 176 valence electrons. The molecule has 6 heteroatoms. The first-order chi connectivity index (χ1) is 15.2. The van der Waals surface area contributed by atoms with Crippen molar-refractivity contribution in [3.05, 3.63) is 35.4 Å². The van der Waals surface area contributed by atoms with Gasteiger partial charge in [0, 0.05) is 0 Å². The minimum atomic E-state index is -1.38. The van der Waals surface area contributed by atoms with Gasteiger partial charge in [-0.25, -0.2) is 0 Å². The van der Waals surface area contributed by atoms with Crippen LogP contribution in [0.15, 0.2) is 24.3 Å². The van der Waals surface area contributed by atoms with Gasteiger partial charge < -0.3 is 0 Å². The number of carboxylic acids is 1. The van der Waals surface area contributed by atoms with Gasteiger partial charge in [0.2, 0.25) is 0 Å². The molecule has 1 N–H and O–H groups in total. The van der Waals surface area contributed by atoms with Gasteiger partial charge in [-0.1, -0.05) is 0 Å². The van der Waals surface area contributed by atoms with Gasteiger partial charge in [0.1, 0.15) is 0 Å². The first-order valence-corrected chi connectivity index (χ1v) is 16.0. The molecule has 0 radical (unpaired) electrons. The van der Waals surface area contributed by atoms with Gasteiger partial charge in [0.05, 0.1) is 0 Å². The van der Waals surface area contributed by atoms with Crippen LogP contribution in [0.25, 0.3) is 0 Å². The molecular weight excluding hydrogens is 519 g/mol. The Hall–Kier alpha value is -0.990. The van der Waals surface area contributed by atoms with Crippen LogP contribution in [0, 0.1) is 16.7 Å². The maximum atomic E-state index is 12.9. The number of fused-ring (bicyclic) bond motifs is 2. The van der Waals surface area contributed by atoms with Crippen LogP contribution in [0.3, 0.4) is 0 Å². The molecule has 3 saturated heterocycles. The Kier molecular flexibility index (Phi) is 5.73. The van der Waals surface area contributed by atoms with E-state index in [0.717, 1.165) is 29.3 Å². The molecule has 3 aliphatic heterocycles. The molecule has 4 aliphatic rings. The zero-order valence-corrected chi connectivity index (χ0v) is 21.6. The number of aromatic carboxylic acids is 1. The summed E-state index contributed by atoms with van der Waals surface area (Å²) in [7, 11) is 0. The SMILES string of the molecule is CC[C@@]12C3C[C@H]4I(CCC(=O)C4(C)C)[C@@H]1CC[C@@H](C)[C@H]2OC(c1ccc(C(=O)O)cc1)O3. The van der Waals surface area contributed by atoms with E-state index in [2.05, 4.69) is 27.7 Å². The predicted octanol–water partition coefficient (Wildman–Crippen LogP) is 5.64. The van der Waals surface area contributed by atoms with Crippen LogP contribution in [0.5, 0.6) is 0 Å². The molecule has 4 fully saturated rings. The van der Waals surface area contributed by atoms with Crippen LogP contribution in [0.2, 0.25) is 0 Å². The normalized spacial score (nSPS) is 41.5. The molecule has 2 unspecified atom stereocenters. The summed E-state index contributed by atoms with van der Waals surface area (Å²) in [6.07, 6.45) is 5.04. The van der Waals surface area contributed by atoms with E-state index in [0.29, 0.717) is 19.6 Å². The van der Waals surface area contributed by atoms with Crippen LogP contribution >= 0.6 is 19.8 Å².